The van der Waals surface area contributed by atoms with Crippen molar-refractivity contribution in [2.75, 3.05) is 18.4 Å². The molecule has 3 rings (SSSR count). The van der Waals surface area contributed by atoms with Crippen LogP contribution in [-0.4, -0.2) is 37.6 Å². The van der Waals surface area contributed by atoms with Gasteiger partial charge in [0, 0.05) is 31.6 Å². The van der Waals surface area contributed by atoms with E-state index < -0.39 is 21.8 Å². The standard InChI is InChI=1S/C20H24ClN3O4S/c1-2-15-6-5-7-16(14-15)23-19(25)28-20(22)10-12-24(13-11-20)29(26,27)18-9-4-3-8-17(18)21/h3-9,14H,2,10-13,22H2,1H3,(H,23,25). The molecule has 0 bridgehead atoms. The van der Waals surface area contributed by atoms with Crippen LogP contribution < -0.4 is 11.1 Å². The summed E-state index contributed by atoms with van der Waals surface area (Å²) in [6.45, 7) is 2.28. The molecule has 2 aromatic carbocycles. The van der Waals surface area contributed by atoms with Crippen molar-refractivity contribution in [3.63, 3.8) is 0 Å². The second-order valence-corrected chi connectivity index (χ2v) is 9.28. The van der Waals surface area contributed by atoms with E-state index in [0.717, 1.165) is 12.0 Å². The molecule has 1 saturated heterocycles. The normalized spacial score (nSPS) is 16.9. The van der Waals surface area contributed by atoms with Crippen molar-refractivity contribution in [3.05, 3.63) is 59.1 Å². The molecule has 0 saturated carbocycles. The number of piperidine rings is 1. The van der Waals surface area contributed by atoms with Crippen molar-refractivity contribution in [1.29, 1.82) is 0 Å². The molecular formula is C20H24ClN3O4S. The number of nitrogens with one attached hydrogen (secondary N) is 1. The van der Waals surface area contributed by atoms with Crippen molar-refractivity contribution in [3.8, 4) is 0 Å². The third-order valence-corrected chi connectivity index (χ3v) is 7.30. The number of sulfonamides is 1. The molecule has 1 aliphatic heterocycles. The van der Waals surface area contributed by atoms with E-state index in [1.165, 1.54) is 16.4 Å². The van der Waals surface area contributed by atoms with E-state index in [1.54, 1.807) is 18.2 Å². The molecule has 7 nitrogen and oxygen atoms in total. The summed E-state index contributed by atoms with van der Waals surface area (Å²) in [4.78, 5) is 12.3. The predicted molar refractivity (Wildman–Crippen MR) is 112 cm³/mol. The van der Waals surface area contributed by atoms with Gasteiger partial charge < -0.3 is 4.74 Å². The molecule has 2 aromatic rings. The van der Waals surface area contributed by atoms with Crippen LogP contribution in [0.3, 0.4) is 0 Å². The van der Waals surface area contributed by atoms with Gasteiger partial charge in [0.1, 0.15) is 4.90 Å². The number of carbonyl (C=O) groups is 1. The van der Waals surface area contributed by atoms with Crippen LogP contribution in [0, 0.1) is 0 Å². The Morgan fingerprint density at radius 1 is 1.21 bits per heavy atom. The van der Waals surface area contributed by atoms with E-state index in [9.17, 15) is 13.2 Å². The van der Waals surface area contributed by atoms with Crippen LogP contribution in [0.4, 0.5) is 10.5 Å². The van der Waals surface area contributed by atoms with Crippen molar-refractivity contribution < 1.29 is 17.9 Å². The highest BCUT2D eigenvalue weighted by Gasteiger charge is 2.39. The number of carbonyl (C=O) groups excluding carboxylic acids is 1. The summed E-state index contributed by atoms with van der Waals surface area (Å²) in [5, 5.41) is 2.84. The first-order valence-electron chi connectivity index (χ1n) is 9.36. The first-order chi connectivity index (χ1) is 13.7. The lowest BCUT2D eigenvalue weighted by Gasteiger charge is -2.37. The maximum absolute atomic E-state index is 12.8. The average molecular weight is 438 g/mol. The van der Waals surface area contributed by atoms with E-state index >= 15 is 0 Å². The number of benzene rings is 2. The topological polar surface area (TPSA) is 102 Å². The van der Waals surface area contributed by atoms with Crippen LogP contribution in [0.1, 0.15) is 25.3 Å². The quantitative estimate of drug-likeness (QED) is 0.696. The molecule has 1 fully saturated rings. The number of amides is 1. The van der Waals surface area contributed by atoms with Crippen molar-refractivity contribution in [1.82, 2.24) is 4.31 Å². The largest absolute Gasteiger partial charge is 0.428 e. The molecule has 0 unspecified atom stereocenters. The number of ether oxygens (including phenoxy) is 1. The van der Waals surface area contributed by atoms with Crippen LogP contribution >= 0.6 is 11.6 Å². The summed E-state index contributed by atoms with van der Waals surface area (Å²) in [7, 11) is -3.74. The van der Waals surface area contributed by atoms with Gasteiger partial charge in [-0.05, 0) is 36.2 Å². The van der Waals surface area contributed by atoms with Crippen LogP contribution in [0.25, 0.3) is 0 Å². The zero-order valence-corrected chi connectivity index (χ0v) is 17.7. The Kier molecular flexibility index (Phi) is 6.48. The van der Waals surface area contributed by atoms with Gasteiger partial charge >= 0.3 is 6.09 Å². The Balaban J connectivity index is 1.61. The zero-order chi connectivity index (χ0) is 21.1. The Morgan fingerprint density at radius 3 is 2.55 bits per heavy atom. The highest BCUT2D eigenvalue weighted by molar-refractivity contribution is 7.89. The minimum Gasteiger partial charge on any atom is -0.428 e. The first kappa shape index (κ1) is 21.6. The third kappa shape index (κ3) is 5.08. The van der Waals surface area contributed by atoms with Crippen LogP contribution in [0.5, 0.6) is 0 Å². The number of nitrogens with two attached hydrogens (primary N) is 1. The summed E-state index contributed by atoms with van der Waals surface area (Å²) in [5.74, 6) is 0. The summed E-state index contributed by atoms with van der Waals surface area (Å²) < 4.78 is 32.4. The van der Waals surface area contributed by atoms with Gasteiger partial charge in [-0.1, -0.05) is 42.8 Å². The van der Waals surface area contributed by atoms with Gasteiger partial charge in [0.05, 0.1) is 5.02 Å². The van der Waals surface area contributed by atoms with E-state index in [4.69, 9.17) is 22.1 Å². The summed E-state index contributed by atoms with van der Waals surface area (Å²) in [6, 6.07) is 13.7. The van der Waals surface area contributed by atoms with Crippen LogP contribution in [-0.2, 0) is 21.2 Å². The smallest absolute Gasteiger partial charge is 0.413 e. The maximum Gasteiger partial charge on any atom is 0.413 e. The van der Waals surface area contributed by atoms with Crippen molar-refractivity contribution in [2.24, 2.45) is 5.73 Å². The van der Waals surface area contributed by atoms with Gasteiger partial charge in [0.15, 0.2) is 5.72 Å². The molecule has 156 valence electrons. The van der Waals surface area contributed by atoms with Crippen molar-refractivity contribution in [2.45, 2.75) is 36.8 Å². The van der Waals surface area contributed by atoms with Crippen LogP contribution in [0.2, 0.25) is 5.02 Å². The molecule has 1 amide bonds. The number of hydrogen-bond acceptors (Lipinski definition) is 5. The number of aryl methyl sites for hydroxylation is 1. The number of hydrogen-bond donors (Lipinski definition) is 2. The fourth-order valence-corrected chi connectivity index (χ4v) is 5.13. The molecule has 29 heavy (non-hydrogen) atoms. The Bertz CT molecular complexity index is 989. The van der Waals surface area contributed by atoms with Crippen LogP contribution in [0.15, 0.2) is 53.4 Å². The molecular weight excluding hydrogens is 414 g/mol. The Morgan fingerprint density at radius 2 is 1.90 bits per heavy atom. The molecule has 9 heteroatoms. The third-order valence-electron chi connectivity index (χ3n) is 4.90. The Labute approximate surface area is 175 Å². The molecule has 0 aliphatic carbocycles. The molecule has 0 atom stereocenters. The number of nitrogens with zero attached hydrogens (tertiary/aromatic N) is 1. The van der Waals surface area contributed by atoms with Crippen molar-refractivity contribution >= 4 is 33.4 Å². The average Bonchev–Trinajstić information content (AvgIpc) is 2.68. The van der Waals surface area contributed by atoms with E-state index in [0.29, 0.717) is 5.69 Å². The van der Waals surface area contributed by atoms with Gasteiger partial charge in [-0.3, -0.25) is 11.1 Å². The minimum atomic E-state index is -3.74. The number of rotatable bonds is 5. The van der Waals surface area contributed by atoms with Gasteiger partial charge in [-0.15, -0.1) is 0 Å². The number of anilines is 1. The Hall–Kier alpha value is -2.13. The lowest BCUT2D eigenvalue weighted by Crippen LogP contribution is -2.54. The fourth-order valence-electron chi connectivity index (χ4n) is 3.20. The molecule has 1 heterocycles. The van der Waals surface area contributed by atoms with Gasteiger partial charge in [-0.25, -0.2) is 13.2 Å². The predicted octanol–water partition coefficient (Wildman–Crippen LogP) is 3.59. The lowest BCUT2D eigenvalue weighted by molar-refractivity contribution is -0.0116. The second kappa shape index (κ2) is 8.71. The van der Waals surface area contributed by atoms with Gasteiger partial charge in [-0.2, -0.15) is 4.31 Å². The van der Waals surface area contributed by atoms with Gasteiger partial charge in [0.25, 0.3) is 0 Å². The molecule has 1 aliphatic rings. The zero-order valence-electron chi connectivity index (χ0n) is 16.1. The first-order valence-corrected chi connectivity index (χ1v) is 11.2. The SMILES string of the molecule is CCc1cccc(NC(=O)OC2(N)CCN(S(=O)(=O)c3ccccc3Cl)CC2)c1. The number of halogens is 1. The van der Waals surface area contributed by atoms with E-state index in [2.05, 4.69) is 5.32 Å². The van der Waals surface area contributed by atoms with Gasteiger partial charge in [0.2, 0.25) is 10.0 Å². The second-order valence-electron chi connectivity index (χ2n) is 6.97. The lowest BCUT2D eigenvalue weighted by atomic mass is 10.0. The fraction of sp³-hybridized carbons (Fsp3) is 0.350. The molecule has 0 spiro atoms. The molecule has 3 N–H and O–H groups in total. The molecule has 0 aromatic heterocycles. The minimum absolute atomic E-state index is 0.0562. The van der Waals surface area contributed by atoms with E-state index in [-0.39, 0.29) is 35.8 Å². The monoisotopic (exact) mass is 437 g/mol. The van der Waals surface area contributed by atoms with E-state index in [1.807, 2.05) is 25.1 Å². The summed E-state index contributed by atoms with van der Waals surface area (Å²) >= 11 is 6.04. The highest BCUT2D eigenvalue weighted by Crippen LogP contribution is 2.29. The highest BCUT2D eigenvalue weighted by atomic mass is 35.5. The maximum atomic E-state index is 12.8. The summed E-state index contributed by atoms with van der Waals surface area (Å²) in [5.41, 5.74) is 6.68. The summed E-state index contributed by atoms with van der Waals surface area (Å²) in [6.07, 6.45) is 0.544. The molecule has 0 radical (unpaired) electrons.